The van der Waals surface area contributed by atoms with Crippen molar-refractivity contribution < 1.29 is 19.1 Å². The van der Waals surface area contributed by atoms with Gasteiger partial charge in [-0.1, -0.05) is 0 Å². The molecule has 2 N–H and O–H groups in total. The van der Waals surface area contributed by atoms with Gasteiger partial charge in [-0.25, -0.2) is 9.78 Å². The topological polar surface area (TPSA) is 94.8 Å². The van der Waals surface area contributed by atoms with Crippen LogP contribution in [0.5, 0.6) is 5.88 Å². The highest BCUT2D eigenvalue weighted by Gasteiger charge is 2.27. The van der Waals surface area contributed by atoms with E-state index in [0.29, 0.717) is 24.8 Å². The van der Waals surface area contributed by atoms with E-state index in [9.17, 15) is 9.59 Å². The van der Waals surface area contributed by atoms with E-state index in [4.69, 9.17) is 15.2 Å². The molecule has 0 atom stereocenters. The number of carbonyl (C=O) groups is 2. The number of methoxy groups -OCH3 is 1. The lowest BCUT2D eigenvalue weighted by molar-refractivity contribution is 0.0974. The minimum atomic E-state index is -0.594. The van der Waals surface area contributed by atoms with E-state index in [1.54, 1.807) is 19.2 Å². The van der Waals surface area contributed by atoms with Gasteiger partial charge in [0.15, 0.2) is 5.78 Å². The Morgan fingerprint density at radius 3 is 2.95 bits per heavy atom. The summed E-state index contributed by atoms with van der Waals surface area (Å²) >= 11 is 0. The van der Waals surface area contributed by atoms with Crippen molar-refractivity contribution in [3.8, 4) is 5.88 Å². The molecule has 1 aliphatic heterocycles. The number of ketones is 1. The number of fused-ring (bicyclic) bond motifs is 1. The molecule has 0 fully saturated rings. The summed E-state index contributed by atoms with van der Waals surface area (Å²) in [5.41, 5.74) is 5.92. The first-order valence-corrected chi connectivity index (χ1v) is 5.86. The molecule has 1 aliphatic rings. The molecule has 0 aliphatic carbocycles. The Hall–Kier alpha value is -2.15. The van der Waals surface area contributed by atoms with Crippen LogP contribution < -0.4 is 15.4 Å². The van der Waals surface area contributed by atoms with Crippen LogP contribution in [0.1, 0.15) is 16.9 Å². The number of pyridine rings is 1. The molecule has 0 saturated carbocycles. The second kappa shape index (κ2) is 5.66. The van der Waals surface area contributed by atoms with Crippen molar-refractivity contribution in [2.24, 2.45) is 5.73 Å². The van der Waals surface area contributed by atoms with Crippen LogP contribution in [-0.4, -0.2) is 43.7 Å². The molecular weight excluding hydrogens is 250 g/mol. The Kier molecular flexibility index (Phi) is 3.96. The predicted molar refractivity (Wildman–Crippen MR) is 67.5 cm³/mol. The highest BCUT2D eigenvalue weighted by Crippen LogP contribution is 2.27. The third-order valence-corrected chi connectivity index (χ3v) is 2.77. The maximum atomic E-state index is 11.8. The first-order chi connectivity index (χ1) is 9.13. The maximum absolute atomic E-state index is 11.8. The van der Waals surface area contributed by atoms with Crippen LogP contribution in [0, 0.1) is 0 Å². The largest absolute Gasteiger partial charge is 0.475 e. The van der Waals surface area contributed by atoms with Crippen LogP contribution in [0.3, 0.4) is 0 Å². The number of ether oxygens (including phenoxy) is 2. The first kappa shape index (κ1) is 13.3. The van der Waals surface area contributed by atoms with Crippen molar-refractivity contribution in [3.63, 3.8) is 0 Å². The van der Waals surface area contributed by atoms with Gasteiger partial charge in [-0.05, 0) is 6.07 Å². The van der Waals surface area contributed by atoms with Gasteiger partial charge in [0.2, 0.25) is 5.88 Å². The monoisotopic (exact) mass is 265 g/mol. The standard InChI is InChI=1S/C12H15N3O4/c1-18-6-7-19-10-3-2-8-11(14-10)9(16)4-5-15(8)12(13)17/h2-3H,4-7H2,1H3,(H2,13,17). The van der Waals surface area contributed by atoms with Gasteiger partial charge in [0, 0.05) is 26.1 Å². The fourth-order valence-electron chi connectivity index (χ4n) is 1.85. The van der Waals surface area contributed by atoms with Gasteiger partial charge in [0.1, 0.15) is 12.3 Å². The summed E-state index contributed by atoms with van der Waals surface area (Å²) in [6, 6.07) is 2.62. The van der Waals surface area contributed by atoms with Crippen LogP contribution in [0.25, 0.3) is 0 Å². The molecule has 2 heterocycles. The average molecular weight is 265 g/mol. The maximum Gasteiger partial charge on any atom is 0.319 e. The molecule has 0 saturated heterocycles. The number of primary amides is 1. The molecule has 102 valence electrons. The number of anilines is 1. The highest BCUT2D eigenvalue weighted by atomic mass is 16.5. The number of aromatic nitrogens is 1. The number of rotatable bonds is 4. The Balaban J connectivity index is 2.24. The third-order valence-electron chi connectivity index (χ3n) is 2.77. The van der Waals surface area contributed by atoms with Crippen LogP contribution in [0.2, 0.25) is 0 Å². The van der Waals surface area contributed by atoms with E-state index in [2.05, 4.69) is 4.98 Å². The summed E-state index contributed by atoms with van der Waals surface area (Å²) in [4.78, 5) is 28.6. The molecule has 2 rings (SSSR count). The predicted octanol–water partition coefficient (Wildman–Crippen LogP) is 0.578. The Bertz CT molecular complexity index is 504. The zero-order chi connectivity index (χ0) is 13.8. The average Bonchev–Trinajstić information content (AvgIpc) is 2.39. The van der Waals surface area contributed by atoms with Gasteiger partial charge in [-0.15, -0.1) is 0 Å². The van der Waals surface area contributed by atoms with E-state index in [1.165, 1.54) is 4.90 Å². The first-order valence-electron chi connectivity index (χ1n) is 5.86. The van der Waals surface area contributed by atoms with Crippen molar-refractivity contribution >= 4 is 17.5 Å². The van der Waals surface area contributed by atoms with E-state index in [0.717, 1.165) is 0 Å². The van der Waals surface area contributed by atoms with Crippen LogP contribution in [0.4, 0.5) is 10.5 Å². The third kappa shape index (κ3) is 2.82. The number of urea groups is 1. The van der Waals surface area contributed by atoms with E-state index in [1.807, 2.05) is 0 Å². The van der Waals surface area contributed by atoms with E-state index < -0.39 is 6.03 Å². The SMILES string of the molecule is COCCOc1ccc2c(n1)C(=O)CCN2C(N)=O. The quantitative estimate of drug-likeness (QED) is 0.803. The van der Waals surface area contributed by atoms with Crippen molar-refractivity contribution in [2.45, 2.75) is 6.42 Å². The summed E-state index contributed by atoms with van der Waals surface area (Å²) < 4.78 is 10.2. The summed E-state index contributed by atoms with van der Waals surface area (Å²) in [6.45, 7) is 1.06. The number of nitrogens with zero attached hydrogens (tertiary/aromatic N) is 2. The van der Waals surface area contributed by atoms with Crippen LogP contribution in [0.15, 0.2) is 12.1 Å². The minimum Gasteiger partial charge on any atom is -0.475 e. The van der Waals surface area contributed by atoms with Gasteiger partial charge in [-0.3, -0.25) is 9.69 Å². The molecule has 0 bridgehead atoms. The molecular formula is C12H15N3O4. The van der Waals surface area contributed by atoms with Crippen molar-refractivity contribution in [2.75, 3.05) is 31.8 Å². The van der Waals surface area contributed by atoms with Gasteiger partial charge < -0.3 is 15.2 Å². The summed E-state index contributed by atoms with van der Waals surface area (Å²) in [5.74, 6) is 0.208. The summed E-state index contributed by atoms with van der Waals surface area (Å²) in [5, 5.41) is 0. The lowest BCUT2D eigenvalue weighted by atomic mass is 10.1. The van der Waals surface area contributed by atoms with Crippen LogP contribution in [-0.2, 0) is 4.74 Å². The Labute approximate surface area is 110 Å². The number of nitrogens with two attached hydrogens (primary N) is 1. The summed E-state index contributed by atoms with van der Waals surface area (Å²) in [7, 11) is 1.57. The molecule has 0 unspecified atom stereocenters. The van der Waals surface area contributed by atoms with Gasteiger partial charge >= 0.3 is 6.03 Å². The lowest BCUT2D eigenvalue weighted by Crippen LogP contribution is -2.41. The molecule has 2 amide bonds. The molecule has 19 heavy (non-hydrogen) atoms. The van der Waals surface area contributed by atoms with Crippen LogP contribution >= 0.6 is 0 Å². The fraction of sp³-hybridized carbons (Fsp3) is 0.417. The number of hydrogen-bond donors (Lipinski definition) is 1. The molecule has 7 nitrogen and oxygen atoms in total. The van der Waals surface area contributed by atoms with E-state index in [-0.39, 0.29) is 24.4 Å². The van der Waals surface area contributed by atoms with E-state index >= 15 is 0 Å². The zero-order valence-corrected chi connectivity index (χ0v) is 10.6. The second-order valence-corrected chi connectivity index (χ2v) is 4.02. The molecule has 1 aromatic rings. The van der Waals surface area contributed by atoms with Gasteiger partial charge in [0.05, 0.1) is 12.3 Å². The van der Waals surface area contributed by atoms with Crippen molar-refractivity contribution in [1.29, 1.82) is 0 Å². The molecule has 7 heteroatoms. The fourth-order valence-corrected chi connectivity index (χ4v) is 1.85. The molecule has 0 aromatic carbocycles. The summed E-state index contributed by atoms with van der Waals surface area (Å²) in [6.07, 6.45) is 0.213. The second-order valence-electron chi connectivity index (χ2n) is 4.02. The van der Waals surface area contributed by atoms with Gasteiger partial charge in [0.25, 0.3) is 0 Å². The van der Waals surface area contributed by atoms with Crippen molar-refractivity contribution in [1.82, 2.24) is 4.98 Å². The molecule has 1 aromatic heterocycles. The van der Waals surface area contributed by atoms with Gasteiger partial charge in [-0.2, -0.15) is 0 Å². The number of hydrogen-bond acceptors (Lipinski definition) is 5. The normalized spacial score (nSPS) is 14.2. The van der Waals surface area contributed by atoms with Crippen molar-refractivity contribution in [3.05, 3.63) is 17.8 Å². The highest BCUT2D eigenvalue weighted by molar-refractivity contribution is 6.06. The Morgan fingerprint density at radius 1 is 1.47 bits per heavy atom. The zero-order valence-electron chi connectivity index (χ0n) is 10.6. The number of carbonyl (C=O) groups excluding carboxylic acids is 2. The smallest absolute Gasteiger partial charge is 0.319 e. The number of Topliss-reactive ketones (excluding diaryl/α,β-unsaturated/α-hetero) is 1. The molecule has 0 radical (unpaired) electrons. The molecule has 0 spiro atoms. The lowest BCUT2D eigenvalue weighted by Gasteiger charge is -2.26. The minimum absolute atomic E-state index is 0.121. The Morgan fingerprint density at radius 2 is 2.26 bits per heavy atom. The number of amides is 2.